The molecule has 0 aliphatic heterocycles. The quantitative estimate of drug-likeness (QED) is 0.516. The van der Waals surface area contributed by atoms with E-state index >= 15 is 0 Å². The fourth-order valence-corrected chi connectivity index (χ4v) is 2.66. The predicted molar refractivity (Wildman–Crippen MR) is 110 cm³/mol. The lowest BCUT2D eigenvalue weighted by Crippen LogP contribution is -2.33. The van der Waals surface area contributed by atoms with Crippen LogP contribution in [0.5, 0.6) is 5.75 Å². The molecule has 0 fully saturated rings. The Kier molecular flexibility index (Phi) is 7.66. The maximum Gasteiger partial charge on any atom is 0.280 e. The highest BCUT2D eigenvalue weighted by atomic mass is 79.9. The zero-order chi connectivity index (χ0) is 18.9. The smallest absolute Gasteiger partial charge is 0.280 e. The molecule has 1 atom stereocenters. The Hall–Kier alpha value is -2.34. The van der Waals surface area contributed by atoms with Crippen LogP contribution in [0.3, 0.4) is 0 Å². The molecule has 138 valence electrons. The van der Waals surface area contributed by atoms with Gasteiger partial charge in [0.05, 0.1) is 6.21 Å². The molecule has 6 heteroatoms. The van der Waals surface area contributed by atoms with Gasteiger partial charge in [-0.15, -0.1) is 0 Å². The second-order valence-electron chi connectivity index (χ2n) is 5.71. The number of halogens is 1. The number of nitrogens with zero attached hydrogens (tertiary/aromatic N) is 2. The molecule has 0 aliphatic rings. The minimum Gasteiger partial charge on any atom is -0.481 e. The second kappa shape index (κ2) is 9.97. The summed E-state index contributed by atoms with van der Waals surface area (Å²) in [5.41, 5.74) is 4.60. The lowest BCUT2D eigenvalue weighted by atomic mass is 10.2. The number of carbonyl (C=O) groups excluding carboxylic acids is 1. The predicted octanol–water partition coefficient (Wildman–Crippen LogP) is 4.21. The molecular formula is C20H24BrN3O2. The van der Waals surface area contributed by atoms with Gasteiger partial charge in [-0.25, -0.2) is 5.43 Å². The average molecular weight is 418 g/mol. The van der Waals surface area contributed by atoms with Crippen LogP contribution in [0.1, 0.15) is 26.3 Å². The number of benzene rings is 2. The summed E-state index contributed by atoms with van der Waals surface area (Å²) in [6, 6.07) is 15.4. The molecule has 26 heavy (non-hydrogen) atoms. The van der Waals surface area contributed by atoms with E-state index in [1.54, 1.807) is 25.3 Å². The van der Waals surface area contributed by atoms with Gasteiger partial charge in [0.25, 0.3) is 5.91 Å². The minimum absolute atomic E-state index is 0.302. The van der Waals surface area contributed by atoms with Crippen LogP contribution in [0.4, 0.5) is 5.69 Å². The normalized spacial score (nSPS) is 12.0. The molecule has 5 nitrogen and oxygen atoms in total. The number of rotatable bonds is 8. The molecule has 1 N–H and O–H groups in total. The summed E-state index contributed by atoms with van der Waals surface area (Å²) in [4.78, 5) is 14.3. The third kappa shape index (κ3) is 5.88. The monoisotopic (exact) mass is 417 g/mol. The first-order chi connectivity index (χ1) is 12.5. The summed E-state index contributed by atoms with van der Waals surface area (Å²) in [6.45, 7) is 7.89. The van der Waals surface area contributed by atoms with Gasteiger partial charge in [0, 0.05) is 23.2 Å². The molecule has 0 radical (unpaired) electrons. The highest BCUT2D eigenvalue weighted by Crippen LogP contribution is 2.17. The summed E-state index contributed by atoms with van der Waals surface area (Å²) in [5, 5.41) is 4.01. The largest absolute Gasteiger partial charge is 0.481 e. The lowest BCUT2D eigenvalue weighted by molar-refractivity contribution is -0.127. The standard InChI is InChI=1S/C20H24BrN3O2/c1-4-24(5-2)18-10-6-16(7-11-18)14-22-23-20(25)15(3)26-19-12-8-17(21)9-13-19/h6-15H,4-5H2,1-3H3,(H,23,25)/b22-14+. The Bertz CT molecular complexity index is 726. The van der Waals surface area contributed by atoms with E-state index in [-0.39, 0.29) is 5.91 Å². The molecule has 0 aliphatic carbocycles. The molecule has 0 bridgehead atoms. The Morgan fingerprint density at radius 2 is 1.77 bits per heavy atom. The van der Waals surface area contributed by atoms with Crippen LogP contribution in [0.15, 0.2) is 58.1 Å². The lowest BCUT2D eigenvalue weighted by Gasteiger charge is -2.20. The van der Waals surface area contributed by atoms with Crippen molar-refractivity contribution in [3.8, 4) is 5.75 Å². The van der Waals surface area contributed by atoms with Gasteiger partial charge in [-0.1, -0.05) is 28.1 Å². The van der Waals surface area contributed by atoms with E-state index in [1.807, 2.05) is 24.3 Å². The van der Waals surface area contributed by atoms with Gasteiger partial charge in [0.1, 0.15) is 5.75 Å². The highest BCUT2D eigenvalue weighted by molar-refractivity contribution is 9.10. The van der Waals surface area contributed by atoms with Gasteiger partial charge in [-0.2, -0.15) is 5.10 Å². The zero-order valence-corrected chi connectivity index (χ0v) is 16.9. The summed E-state index contributed by atoms with van der Waals surface area (Å²) in [7, 11) is 0. The fourth-order valence-electron chi connectivity index (χ4n) is 2.39. The molecular weight excluding hydrogens is 394 g/mol. The summed E-state index contributed by atoms with van der Waals surface area (Å²) < 4.78 is 6.55. The first-order valence-electron chi connectivity index (χ1n) is 8.63. The van der Waals surface area contributed by atoms with E-state index in [0.29, 0.717) is 5.75 Å². The maximum atomic E-state index is 12.1. The molecule has 0 saturated carbocycles. The van der Waals surface area contributed by atoms with Crippen LogP contribution >= 0.6 is 15.9 Å². The molecule has 2 aromatic rings. The summed E-state index contributed by atoms with van der Waals surface area (Å²) in [5.74, 6) is 0.329. The number of hydrogen-bond donors (Lipinski definition) is 1. The highest BCUT2D eigenvalue weighted by Gasteiger charge is 2.13. The van der Waals surface area contributed by atoms with Gasteiger partial charge >= 0.3 is 0 Å². The molecule has 0 spiro atoms. The van der Waals surface area contributed by atoms with Gasteiger partial charge in [-0.3, -0.25) is 4.79 Å². The molecule has 0 heterocycles. The molecule has 1 amide bonds. The van der Waals surface area contributed by atoms with E-state index in [0.717, 1.165) is 23.1 Å². The molecule has 2 aromatic carbocycles. The van der Waals surface area contributed by atoms with Gasteiger partial charge in [0.2, 0.25) is 0 Å². The minimum atomic E-state index is -0.640. The first kappa shape index (κ1) is 20.0. The van der Waals surface area contributed by atoms with Crippen LogP contribution < -0.4 is 15.1 Å². The zero-order valence-electron chi connectivity index (χ0n) is 15.3. The van der Waals surface area contributed by atoms with Crippen LogP contribution in [-0.2, 0) is 4.79 Å². The first-order valence-corrected chi connectivity index (χ1v) is 9.43. The van der Waals surface area contributed by atoms with Crippen molar-refractivity contribution in [2.45, 2.75) is 26.9 Å². The van der Waals surface area contributed by atoms with Crippen molar-refractivity contribution in [3.05, 3.63) is 58.6 Å². The van der Waals surface area contributed by atoms with Crippen molar-refractivity contribution in [2.24, 2.45) is 5.10 Å². The Morgan fingerprint density at radius 3 is 2.35 bits per heavy atom. The molecule has 2 rings (SSSR count). The van der Waals surface area contributed by atoms with Crippen LogP contribution in [0.2, 0.25) is 0 Å². The number of carbonyl (C=O) groups is 1. The number of amides is 1. The third-order valence-electron chi connectivity index (χ3n) is 3.91. The van der Waals surface area contributed by atoms with E-state index < -0.39 is 6.10 Å². The molecule has 0 aromatic heterocycles. The average Bonchev–Trinajstić information content (AvgIpc) is 2.65. The summed E-state index contributed by atoms with van der Waals surface area (Å²) >= 11 is 3.36. The van der Waals surface area contributed by atoms with E-state index in [1.165, 1.54) is 5.69 Å². The number of ether oxygens (including phenoxy) is 1. The fraction of sp³-hybridized carbons (Fsp3) is 0.300. The SMILES string of the molecule is CCN(CC)c1ccc(/C=N/NC(=O)C(C)Oc2ccc(Br)cc2)cc1. The van der Waals surface area contributed by atoms with Crippen molar-refractivity contribution in [1.29, 1.82) is 0 Å². The van der Waals surface area contributed by atoms with Gasteiger partial charge in [0.15, 0.2) is 6.10 Å². The van der Waals surface area contributed by atoms with Crippen molar-refractivity contribution >= 4 is 33.7 Å². The Balaban J connectivity index is 1.86. The molecule has 0 saturated heterocycles. The number of nitrogens with one attached hydrogen (secondary N) is 1. The van der Waals surface area contributed by atoms with Gasteiger partial charge < -0.3 is 9.64 Å². The van der Waals surface area contributed by atoms with Crippen molar-refractivity contribution in [3.63, 3.8) is 0 Å². The van der Waals surface area contributed by atoms with Crippen molar-refractivity contribution in [2.75, 3.05) is 18.0 Å². The van der Waals surface area contributed by atoms with Crippen molar-refractivity contribution in [1.82, 2.24) is 5.43 Å². The Morgan fingerprint density at radius 1 is 1.15 bits per heavy atom. The van der Waals surface area contributed by atoms with Crippen molar-refractivity contribution < 1.29 is 9.53 Å². The van der Waals surface area contributed by atoms with Crippen LogP contribution in [0, 0.1) is 0 Å². The van der Waals surface area contributed by atoms with Crippen LogP contribution in [0.25, 0.3) is 0 Å². The molecule has 1 unspecified atom stereocenters. The van der Waals surface area contributed by atoms with Crippen LogP contribution in [-0.4, -0.2) is 31.3 Å². The van der Waals surface area contributed by atoms with Gasteiger partial charge in [-0.05, 0) is 62.7 Å². The number of anilines is 1. The van der Waals surface area contributed by atoms with E-state index in [9.17, 15) is 4.79 Å². The number of hydrazone groups is 1. The van der Waals surface area contributed by atoms with E-state index in [2.05, 4.69) is 57.3 Å². The second-order valence-corrected chi connectivity index (χ2v) is 6.63. The maximum absolute atomic E-state index is 12.1. The number of hydrogen-bond acceptors (Lipinski definition) is 4. The topological polar surface area (TPSA) is 53.9 Å². The van der Waals surface area contributed by atoms with E-state index in [4.69, 9.17) is 4.74 Å². The Labute approximate surface area is 163 Å². The third-order valence-corrected chi connectivity index (χ3v) is 4.43. The summed E-state index contributed by atoms with van der Waals surface area (Å²) in [6.07, 6.45) is 0.981.